The van der Waals surface area contributed by atoms with Gasteiger partial charge in [-0.05, 0) is 43.7 Å². The van der Waals surface area contributed by atoms with Crippen molar-refractivity contribution in [2.24, 2.45) is 0 Å². The van der Waals surface area contributed by atoms with E-state index in [2.05, 4.69) is 15.3 Å². The Bertz CT molecular complexity index is 1620. The van der Waals surface area contributed by atoms with Gasteiger partial charge in [0.1, 0.15) is 35.0 Å². The highest BCUT2D eigenvalue weighted by molar-refractivity contribution is 6.34. The van der Waals surface area contributed by atoms with E-state index in [1.54, 1.807) is 6.92 Å². The molecule has 0 unspecified atom stereocenters. The smallest absolute Gasteiger partial charge is 0.341 e. The number of carboxylic acids is 1. The number of hydrogen-bond donors (Lipinski definition) is 2. The molecule has 0 spiro atoms. The Kier molecular flexibility index (Phi) is 6.59. The second-order valence-electron chi connectivity index (χ2n) is 8.12. The lowest BCUT2D eigenvalue weighted by Gasteiger charge is -2.13. The van der Waals surface area contributed by atoms with Gasteiger partial charge >= 0.3 is 5.97 Å². The highest BCUT2D eigenvalue weighted by Gasteiger charge is 2.19. The van der Waals surface area contributed by atoms with Crippen LogP contribution in [0.15, 0.2) is 42.7 Å². The molecule has 0 aliphatic rings. The number of fused-ring (bicyclic) bond motifs is 1. The first kappa shape index (κ1) is 21.3. The highest BCUT2D eigenvalue weighted by atomic mass is 35.5. The SMILES string of the molecule is [2H]C([2H])(Nc1cc(-c2cc(Cl)c(C(=O)O)c(OCCCC)c2)ncn1)C([2H])([2H])n1c(C)cc2c(OC)ccc(F)c21. The number of halogens is 2. The molecule has 0 saturated carbocycles. The number of rotatable bonds is 11. The highest BCUT2D eigenvalue weighted by Crippen LogP contribution is 2.34. The van der Waals surface area contributed by atoms with Crippen LogP contribution in [0.25, 0.3) is 22.2 Å². The zero-order valence-corrected chi connectivity index (χ0v) is 21.2. The lowest BCUT2D eigenvalue weighted by molar-refractivity contribution is 0.0692. The summed E-state index contributed by atoms with van der Waals surface area (Å²) in [5.74, 6) is -1.70. The zero-order chi connectivity index (χ0) is 30.1. The Morgan fingerprint density at radius 2 is 2.05 bits per heavy atom. The van der Waals surface area contributed by atoms with Gasteiger partial charge in [-0.1, -0.05) is 24.9 Å². The molecule has 0 atom stereocenters. The summed E-state index contributed by atoms with van der Waals surface area (Å²) in [7, 11) is 1.41. The van der Waals surface area contributed by atoms with E-state index in [1.165, 1.54) is 37.4 Å². The summed E-state index contributed by atoms with van der Waals surface area (Å²) in [5.41, 5.74) is 0.552. The summed E-state index contributed by atoms with van der Waals surface area (Å²) in [6.45, 7) is -1.84. The van der Waals surface area contributed by atoms with E-state index in [0.717, 1.165) is 23.4 Å². The minimum atomic E-state index is -2.82. The summed E-state index contributed by atoms with van der Waals surface area (Å²) in [5, 5.41) is 12.3. The quantitative estimate of drug-likeness (QED) is 0.223. The van der Waals surface area contributed by atoms with Crippen LogP contribution in [-0.4, -0.2) is 45.8 Å². The molecule has 2 N–H and O–H groups in total. The monoisotopic (exact) mass is 530 g/mol. The van der Waals surface area contributed by atoms with Crippen LogP contribution in [0, 0.1) is 12.7 Å². The van der Waals surface area contributed by atoms with E-state index >= 15 is 0 Å². The standard InChI is InChI=1S/C27H28ClFN4O4/c1-4-5-10-37-23-13-17(12-19(28)25(23)27(34)35)21-14-24(32-15-31-21)30-8-9-33-16(2)11-18-22(36-3)7-6-20(29)26(18)33/h6-7,11-15H,4-5,8-10H2,1-3H3,(H,34,35)(H,30,31,32)/i8D2,9D2. The molecule has 2 aromatic heterocycles. The summed E-state index contributed by atoms with van der Waals surface area (Å²) in [6, 6.07) is 8.30. The van der Waals surface area contributed by atoms with Gasteiger partial charge in [0, 0.05) is 35.7 Å². The fourth-order valence-electron chi connectivity index (χ4n) is 3.81. The minimum absolute atomic E-state index is 0.0562. The number of aromatic carboxylic acids is 1. The predicted octanol–water partition coefficient (Wildman–Crippen LogP) is 6.20. The molecule has 0 bridgehead atoms. The van der Waals surface area contributed by atoms with Crippen molar-refractivity contribution in [1.29, 1.82) is 0 Å². The zero-order valence-electron chi connectivity index (χ0n) is 24.4. The van der Waals surface area contributed by atoms with Gasteiger partial charge < -0.3 is 24.5 Å². The van der Waals surface area contributed by atoms with Gasteiger partial charge in [0.05, 0.1) is 35.4 Å². The largest absolute Gasteiger partial charge is 0.496 e. The third kappa shape index (κ3) is 5.61. The van der Waals surface area contributed by atoms with Crippen molar-refractivity contribution >= 4 is 34.3 Å². The maximum Gasteiger partial charge on any atom is 0.341 e. The van der Waals surface area contributed by atoms with Crippen LogP contribution in [0.1, 0.15) is 41.3 Å². The van der Waals surface area contributed by atoms with Crippen LogP contribution >= 0.6 is 11.6 Å². The van der Waals surface area contributed by atoms with Crippen molar-refractivity contribution in [2.75, 3.05) is 25.5 Å². The van der Waals surface area contributed by atoms with E-state index in [-0.39, 0.29) is 45.7 Å². The lowest BCUT2D eigenvalue weighted by Crippen LogP contribution is -2.13. The summed E-state index contributed by atoms with van der Waals surface area (Å²) < 4.78 is 61.6. The number of nitrogens with one attached hydrogen (secondary N) is 1. The third-order valence-electron chi connectivity index (χ3n) is 5.62. The molecule has 0 aliphatic heterocycles. The van der Waals surface area contributed by atoms with Crippen LogP contribution in [0.3, 0.4) is 0 Å². The Hall–Kier alpha value is -3.85. The predicted molar refractivity (Wildman–Crippen MR) is 142 cm³/mol. The molecule has 10 heteroatoms. The van der Waals surface area contributed by atoms with Gasteiger partial charge in [0.2, 0.25) is 0 Å². The van der Waals surface area contributed by atoms with Gasteiger partial charge in [-0.2, -0.15) is 0 Å². The topological polar surface area (TPSA) is 98.5 Å². The number of carboxylic acid groups (broad SMARTS) is 1. The van der Waals surface area contributed by atoms with Crippen molar-refractivity contribution < 1.29 is 29.2 Å². The Balaban J connectivity index is 1.72. The Morgan fingerprint density at radius 3 is 2.78 bits per heavy atom. The van der Waals surface area contributed by atoms with Crippen molar-refractivity contribution in [3.05, 3.63) is 64.8 Å². The first-order chi connectivity index (χ1) is 19.3. The maximum absolute atomic E-state index is 14.9. The van der Waals surface area contributed by atoms with Gasteiger partial charge in [-0.25, -0.2) is 19.2 Å². The summed E-state index contributed by atoms with van der Waals surface area (Å²) in [6.07, 6.45) is 2.68. The molecule has 0 fully saturated rings. The van der Waals surface area contributed by atoms with E-state index < -0.39 is 24.8 Å². The maximum atomic E-state index is 14.9. The molecule has 0 saturated heterocycles. The van der Waals surface area contributed by atoms with Crippen molar-refractivity contribution in [3.8, 4) is 22.8 Å². The van der Waals surface area contributed by atoms with Gasteiger partial charge in [0.15, 0.2) is 0 Å². The molecular formula is C27H28ClFN4O4. The fraction of sp³-hybridized carbons (Fsp3) is 0.296. The molecule has 194 valence electrons. The first-order valence-electron chi connectivity index (χ1n) is 13.5. The number of nitrogens with zero attached hydrogens (tertiary/aromatic N) is 3. The number of anilines is 1. The second kappa shape index (κ2) is 11.5. The van der Waals surface area contributed by atoms with E-state index in [4.69, 9.17) is 26.6 Å². The molecule has 2 aromatic carbocycles. The molecule has 8 nitrogen and oxygen atoms in total. The lowest BCUT2D eigenvalue weighted by atomic mass is 10.1. The first-order valence-corrected chi connectivity index (χ1v) is 11.9. The van der Waals surface area contributed by atoms with Crippen molar-refractivity contribution in [2.45, 2.75) is 33.2 Å². The van der Waals surface area contributed by atoms with Gasteiger partial charge in [0.25, 0.3) is 0 Å². The van der Waals surface area contributed by atoms with Crippen LogP contribution in [0.4, 0.5) is 10.2 Å². The minimum Gasteiger partial charge on any atom is -0.496 e. The molecular weight excluding hydrogens is 499 g/mol. The van der Waals surface area contributed by atoms with Crippen LogP contribution in [0.2, 0.25) is 5.02 Å². The van der Waals surface area contributed by atoms with E-state index in [0.29, 0.717) is 23.1 Å². The molecule has 0 aliphatic carbocycles. The summed E-state index contributed by atoms with van der Waals surface area (Å²) >= 11 is 6.28. The number of methoxy groups -OCH3 is 1. The van der Waals surface area contributed by atoms with E-state index in [9.17, 15) is 14.3 Å². The van der Waals surface area contributed by atoms with E-state index in [1.807, 2.05) is 6.92 Å². The number of hydrogen-bond acceptors (Lipinski definition) is 6. The van der Waals surface area contributed by atoms with Crippen molar-refractivity contribution in [1.82, 2.24) is 14.5 Å². The number of benzene rings is 2. The normalized spacial score (nSPS) is 13.4. The second-order valence-corrected chi connectivity index (χ2v) is 8.53. The average molecular weight is 531 g/mol. The molecule has 0 radical (unpaired) electrons. The molecule has 4 rings (SSSR count). The van der Waals surface area contributed by atoms with Gasteiger partial charge in [-0.15, -0.1) is 0 Å². The number of aryl methyl sites for hydroxylation is 2. The number of aromatic nitrogens is 3. The fourth-order valence-corrected chi connectivity index (χ4v) is 4.10. The summed E-state index contributed by atoms with van der Waals surface area (Å²) in [4.78, 5) is 20.0. The van der Waals surface area contributed by atoms with Gasteiger partial charge in [-0.3, -0.25) is 0 Å². The average Bonchev–Trinajstić information content (AvgIpc) is 3.26. The van der Waals surface area contributed by atoms with Crippen LogP contribution in [0.5, 0.6) is 11.5 Å². The molecule has 2 heterocycles. The number of ether oxygens (including phenoxy) is 2. The third-order valence-corrected chi connectivity index (χ3v) is 5.92. The Morgan fingerprint density at radius 1 is 1.24 bits per heavy atom. The molecule has 0 amide bonds. The van der Waals surface area contributed by atoms with Crippen LogP contribution in [-0.2, 0) is 6.50 Å². The van der Waals surface area contributed by atoms with Crippen LogP contribution < -0.4 is 14.8 Å². The molecule has 4 aromatic rings. The number of unbranched alkanes of at least 4 members (excludes halogenated alkanes) is 1. The van der Waals surface area contributed by atoms with Crippen molar-refractivity contribution in [3.63, 3.8) is 0 Å². The molecule has 37 heavy (non-hydrogen) atoms. The Labute approximate surface area is 224 Å². The number of carbonyl (C=O) groups is 1.